The first kappa shape index (κ1) is 20.0. The molecule has 0 fully saturated rings. The van der Waals surface area contributed by atoms with Crippen LogP contribution in [0.25, 0.3) is 0 Å². The lowest BCUT2D eigenvalue weighted by Gasteiger charge is -2.19. The van der Waals surface area contributed by atoms with Gasteiger partial charge in [-0.3, -0.25) is 25.2 Å². The summed E-state index contributed by atoms with van der Waals surface area (Å²) in [5.74, 6) is -2.77. The van der Waals surface area contributed by atoms with Crippen LogP contribution in [0.1, 0.15) is 49.9 Å². The number of carbonyl (C=O) groups excluding carboxylic acids is 2. The molecular weight excluding hydrogens is 332 g/mol. The van der Waals surface area contributed by atoms with Crippen molar-refractivity contribution in [3.05, 3.63) is 34.9 Å². The Morgan fingerprint density at radius 1 is 1.21 bits per heavy atom. The largest absolute Gasteiger partial charge is 0.481 e. The molecular formula is C17H23ClN2O4. The molecule has 0 aromatic heterocycles. The summed E-state index contributed by atoms with van der Waals surface area (Å²) >= 11 is 5.90. The molecule has 0 aliphatic heterocycles. The number of aliphatic carboxylic acids is 1. The van der Waals surface area contributed by atoms with Crippen LogP contribution in [0.2, 0.25) is 5.02 Å². The summed E-state index contributed by atoms with van der Waals surface area (Å²) in [6.45, 7) is 3.71. The Balaban J connectivity index is 2.51. The summed E-state index contributed by atoms with van der Waals surface area (Å²) in [5.41, 5.74) is 4.83. The summed E-state index contributed by atoms with van der Waals surface area (Å²) in [7, 11) is 0. The van der Waals surface area contributed by atoms with Crippen LogP contribution in [0.4, 0.5) is 0 Å². The molecule has 2 atom stereocenters. The summed E-state index contributed by atoms with van der Waals surface area (Å²) in [6, 6.07) is 6.47. The third-order valence-corrected chi connectivity index (χ3v) is 4.14. The topological polar surface area (TPSA) is 95.5 Å². The standard InChI is InChI=1S/C17H23ClN2O4/c1-3-4-7-12(17(23)24)11(2)10-15(21)19-20-16(22)13-8-5-6-9-14(13)18/h5-6,8-9,11-12H,3-4,7,10H2,1-2H3,(H,19,21)(H,20,22)(H,23,24). The van der Waals surface area contributed by atoms with Gasteiger partial charge < -0.3 is 5.11 Å². The first-order chi connectivity index (χ1) is 11.4. The Bertz CT molecular complexity index is 592. The van der Waals surface area contributed by atoms with Gasteiger partial charge >= 0.3 is 5.97 Å². The van der Waals surface area contributed by atoms with Gasteiger partial charge in [-0.2, -0.15) is 0 Å². The maximum Gasteiger partial charge on any atom is 0.306 e. The summed E-state index contributed by atoms with van der Waals surface area (Å²) in [6.07, 6.45) is 2.25. The zero-order chi connectivity index (χ0) is 18.1. The average Bonchev–Trinajstić information content (AvgIpc) is 2.53. The predicted molar refractivity (Wildman–Crippen MR) is 91.5 cm³/mol. The number of amides is 2. The molecule has 1 aromatic carbocycles. The minimum atomic E-state index is -0.899. The number of unbranched alkanes of at least 4 members (excludes halogenated alkanes) is 1. The van der Waals surface area contributed by atoms with Gasteiger partial charge in [0, 0.05) is 6.42 Å². The van der Waals surface area contributed by atoms with Crippen molar-refractivity contribution in [3.63, 3.8) is 0 Å². The molecule has 0 saturated heterocycles. The molecule has 2 unspecified atom stereocenters. The monoisotopic (exact) mass is 354 g/mol. The third kappa shape index (κ3) is 6.20. The summed E-state index contributed by atoms with van der Waals surface area (Å²) in [5, 5.41) is 9.55. The van der Waals surface area contributed by atoms with Gasteiger partial charge in [-0.25, -0.2) is 0 Å². The number of nitrogens with one attached hydrogen (secondary N) is 2. The van der Waals surface area contributed by atoms with Crippen LogP contribution >= 0.6 is 11.6 Å². The normalized spacial score (nSPS) is 13.0. The number of carboxylic acids is 1. The highest BCUT2D eigenvalue weighted by Crippen LogP contribution is 2.22. The molecule has 132 valence electrons. The lowest BCUT2D eigenvalue weighted by atomic mass is 9.87. The van der Waals surface area contributed by atoms with E-state index < -0.39 is 23.7 Å². The van der Waals surface area contributed by atoms with Crippen LogP contribution in [0.15, 0.2) is 24.3 Å². The average molecular weight is 355 g/mol. The molecule has 2 amide bonds. The van der Waals surface area contributed by atoms with Gasteiger partial charge in [-0.15, -0.1) is 0 Å². The third-order valence-electron chi connectivity index (χ3n) is 3.81. The SMILES string of the molecule is CCCCC(C(=O)O)C(C)CC(=O)NNC(=O)c1ccccc1Cl. The van der Waals surface area contributed by atoms with Crippen LogP contribution in [0, 0.1) is 11.8 Å². The van der Waals surface area contributed by atoms with Crippen LogP contribution < -0.4 is 10.9 Å². The number of benzene rings is 1. The quantitative estimate of drug-likeness (QED) is 0.625. The lowest BCUT2D eigenvalue weighted by molar-refractivity contribution is -0.144. The van der Waals surface area contributed by atoms with E-state index in [1.54, 1.807) is 25.1 Å². The van der Waals surface area contributed by atoms with E-state index in [1.165, 1.54) is 6.07 Å². The molecule has 6 nitrogen and oxygen atoms in total. The molecule has 1 aromatic rings. The number of hydrogen-bond donors (Lipinski definition) is 3. The lowest BCUT2D eigenvalue weighted by Crippen LogP contribution is -2.42. The van der Waals surface area contributed by atoms with Crippen molar-refractivity contribution in [2.24, 2.45) is 11.8 Å². The maximum absolute atomic E-state index is 11.9. The van der Waals surface area contributed by atoms with E-state index in [0.717, 1.165) is 12.8 Å². The number of halogens is 1. The fourth-order valence-corrected chi connectivity index (χ4v) is 2.62. The van der Waals surface area contributed by atoms with Crippen LogP contribution in [-0.2, 0) is 9.59 Å². The number of carbonyl (C=O) groups is 3. The van der Waals surface area contributed by atoms with Crippen molar-refractivity contribution in [1.82, 2.24) is 10.9 Å². The second-order valence-corrected chi connectivity index (χ2v) is 6.16. The molecule has 0 aliphatic rings. The first-order valence-electron chi connectivity index (χ1n) is 7.93. The highest BCUT2D eigenvalue weighted by atomic mass is 35.5. The number of rotatable bonds is 8. The van der Waals surface area contributed by atoms with Gasteiger partial charge in [-0.05, 0) is 24.5 Å². The Kier molecular flexibility index (Phi) is 8.26. The Morgan fingerprint density at radius 3 is 2.46 bits per heavy atom. The molecule has 24 heavy (non-hydrogen) atoms. The Labute approximate surface area is 146 Å². The van der Waals surface area contributed by atoms with Crippen LogP contribution in [0.5, 0.6) is 0 Å². The second-order valence-electron chi connectivity index (χ2n) is 5.75. The Morgan fingerprint density at radius 2 is 1.88 bits per heavy atom. The predicted octanol–water partition coefficient (Wildman–Crippen LogP) is 3.02. The Hall–Kier alpha value is -2.08. The van der Waals surface area contributed by atoms with Gasteiger partial charge in [0.25, 0.3) is 5.91 Å². The summed E-state index contributed by atoms with van der Waals surface area (Å²) in [4.78, 5) is 35.2. The van der Waals surface area contributed by atoms with Gasteiger partial charge in [0.15, 0.2) is 0 Å². The first-order valence-corrected chi connectivity index (χ1v) is 8.31. The summed E-state index contributed by atoms with van der Waals surface area (Å²) < 4.78 is 0. The van der Waals surface area contributed by atoms with E-state index in [1.807, 2.05) is 6.92 Å². The fraction of sp³-hybridized carbons (Fsp3) is 0.471. The second kappa shape index (κ2) is 9.93. The van der Waals surface area contributed by atoms with Gasteiger partial charge in [0.05, 0.1) is 16.5 Å². The van der Waals surface area contributed by atoms with E-state index >= 15 is 0 Å². The fourth-order valence-electron chi connectivity index (χ4n) is 2.40. The van der Waals surface area contributed by atoms with Crippen molar-refractivity contribution in [2.75, 3.05) is 0 Å². The molecule has 0 heterocycles. The smallest absolute Gasteiger partial charge is 0.306 e. The van der Waals surface area contributed by atoms with Gasteiger partial charge in [0.1, 0.15) is 0 Å². The molecule has 3 N–H and O–H groups in total. The van der Waals surface area contributed by atoms with Crippen LogP contribution in [-0.4, -0.2) is 22.9 Å². The number of carboxylic acid groups (broad SMARTS) is 1. The van der Waals surface area contributed by atoms with Crippen molar-refractivity contribution < 1.29 is 19.5 Å². The molecule has 0 bridgehead atoms. The van der Waals surface area contributed by atoms with Crippen molar-refractivity contribution in [1.29, 1.82) is 0 Å². The van der Waals surface area contributed by atoms with E-state index in [0.29, 0.717) is 6.42 Å². The zero-order valence-electron chi connectivity index (χ0n) is 13.8. The van der Waals surface area contributed by atoms with Gasteiger partial charge in [0.2, 0.25) is 5.91 Å². The molecule has 0 spiro atoms. The van der Waals surface area contributed by atoms with E-state index in [2.05, 4.69) is 10.9 Å². The van der Waals surface area contributed by atoms with E-state index in [9.17, 15) is 19.5 Å². The van der Waals surface area contributed by atoms with Crippen molar-refractivity contribution in [2.45, 2.75) is 39.5 Å². The van der Waals surface area contributed by atoms with Crippen molar-refractivity contribution in [3.8, 4) is 0 Å². The van der Waals surface area contributed by atoms with Crippen molar-refractivity contribution >= 4 is 29.4 Å². The minimum Gasteiger partial charge on any atom is -0.481 e. The number of hydrazine groups is 1. The highest BCUT2D eigenvalue weighted by Gasteiger charge is 2.26. The zero-order valence-corrected chi connectivity index (χ0v) is 14.6. The molecule has 0 aliphatic carbocycles. The van der Waals surface area contributed by atoms with Gasteiger partial charge in [-0.1, -0.05) is 50.4 Å². The molecule has 0 radical (unpaired) electrons. The molecule has 1 rings (SSSR count). The maximum atomic E-state index is 11.9. The van der Waals surface area contributed by atoms with E-state index in [-0.39, 0.29) is 22.9 Å². The highest BCUT2D eigenvalue weighted by molar-refractivity contribution is 6.33. The molecule has 0 saturated carbocycles. The minimum absolute atomic E-state index is 0.0173. The molecule has 7 heteroatoms. The van der Waals surface area contributed by atoms with E-state index in [4.69, 9.17) is 11.6 Å². The number of hydrogen-bond acceptors (Lipinski definition) is 3. The van der Waals surface area contributed by atoms with Crippen LogP contribution in [0.3, 0.4) is 0 Å².